The van der Waals surface area contributed by atoms with E-state index in [-0.39, 0.29) is 23.0 Å². The Bertz CT molecular complexity index is 553. The Kier molecular flexibility index (Phi) is 3.55. The van der Waals surface area contributed by atoms with Crippen molar-refractivity contribution < 1.29 is 14.6 Å². The first-order chi connectivity index (χ1) is 10.9. The van der Waals surface area contributed by atoms with E-state index in [2.05, 4.69) is 19.9 Å². The van der Waals surface area contributed by atoms with Gasteiger partial charge in [0, 0.05) is 18.9 Å². The van der Waals surface area contributed by atoms with Gasteiger partial charge in [0.1, 0.15) is 5.78 Å². The van der Waals surface area contributed by atoms with Crippen LogP contribution < -0.4 is 0 Å². The van der Waals surface area contributed by atoms with E-state index in [1.807, 2.05) is 7.11 Å². The van der Waals surface area contributed by atoms with Gasteiger partial charge in [-0.1, -0.05) is 25.5 Å². The minimum atomic E-state index is -0.190. The quantitative estimate of drug-likeness (QED) is 0.753. The molecule has 3 saturated carbocycles. The SMILES string of the molecule is CO[C@H]1C=C2C[C@@H](O)CC[C@]2(C)C2CC[C@]3(C)C(=O)CCC3C21. The van der Waals surface area contributed by atoms with Crippen molar-refractivity contribution in [2.45, 2.75) is 71.0 Å². The summed E-state index contributed by atoms with van der Waals surface area (Å²) in [6.07, 6.45) is 9.01. The first-order valence-electron chi connectivity index (χ1n) is 9.35. The van der Waals surface area contributed by atoms with Crippen LogP contribution >= 0.6 is 0 Å². The highest BCUT2D eigenvalue weighted by atomic mass is 16.5. The number of carbonyl (C=O) groups is 1. The molecule has 4 rings (SSSR count). The summed E-state index contributed by atoms with van der Waals surface area (Å²) in [6.45, 7) is 4.62. The lowest BCUT2D eigenvalue weighted by atomic mass is 9.47. The van der Waals surface area contributed by atoms with Crippen molar-refractivity contribution in [3.05, 3.63) is 11.6 Å². The monoisotopic (exact) mass is 318 g/mol. The molecule has 0 aromatic rings. The molecule has 0 bridgehead atoms. The van der Waals surface area contributed by atoms with Gasteiger partial charge in [-0.05, 0) is 61.7 Å². The molecule has 0 heterocycles. The summed E-state index contributed by atoms with van der Waals surface area (Å²) in [5.41, 5.74) is 1.50. The minimum Gasteiger partial charge on any atom is -0.393 e. The number of ether oxygens (including phenoxy) is 1. The first kappa shape index (κ1) is 15.8. The number of aliphatic hydroxyl groups is 1. The van der Waals surface area contributed by atoms with Gasteiger partial charge >= 0.3 is 0 Å². The van der Waals surface area contributed by atoms with Crippen molar-refractivity contribution in [2.24, 2.45) is 28.6 Å². The Hall–Kier alpha value is -0.670. The topological polar surface area (TPSA) is 46.5 Å². The van der Waals surface area contributed by atoms with Gasteiger partial charge < -0.3 is 9.84 Å². The summed E-state index contributed by atoms with van der Waals surface area (Å²) >= 11 is 0. The number of Topliss-reactive ketones (excluding diaryl/α,β-unsaturated/α-hetero) is 1. The third-order valence-electron chi connectivity index (χ3n) is 8.06. The molecule has 0 aromatic heterocycles. The van der Waals surface area contributed by atoms with Crippen LogP contribution in [0.4, 0.5) is 0 Å². The molecule has 128 valence electrons. The van der Waals surface area contributed by atoms with Crippen LogP contribution in [0.3, 0.4) is 0 Å². The molecule has 4 aliphatic rings. The van der Waals surface area contributed by atoms with Gasteiger partial charge in [0.25, 0.3) is 0 Å². The molecule has 3 heteroatoms. The van der Waals surface area contributed by atoms with Crippen LogP contribution in [0, 0.1) is 28.6 Å². The molecule has 3 fully saturated rings. The standard InChI is InChI=1S/C20H30O3/c1-19-8-6-13(21)10-12(19)11-16(23-3)18-14-4-5-17(22)20(14,2)9-7-15(18)19/h11,13-16,18,21H,4-10H2,1-3H3/t13-,14?,15?,16-,18?,19-,20-/m0/s1. The van der Waals surface area contributed by atoms with Crippen LogP contribution in [0.5, 0.6) is 0 Å². The number of rotatable bonds is 1. The molecule has 4 aliphatic carbocycles. The van der Waals surface area contributed by atoms with Crippen molar-refractivity contribution in [1.29, 1.82) is 0 Å². The van der Waals surface area contributed by atoms with Gasteiger partial charge in [0.2, 0.25) is 0 Å². The summed E-state index contributed by atoms with van der Waals surface area (Å²) in [7, 11) is 1.81. The van der Waals surface area contributed by atoms with Crippen LogP contribution in [0.1, 0.15) is 58.8 Å². The van der Waals surface area contributed by atoms with Gasteiger partial charge in [-0.15, -0.1) is 0 Å². The third kappa shape index (κ3) is 2.05. The fraction of sp³-hybridized carbons (Fsp3) is 0.850. The van der Waals surface area contributed by atoms with E-state index in [0.717, 1.165) is 44.9 Å². The maximum Gasteiger partial charge on any atom is 0.139 e. The number of aliphatic hydroxyl groups excluding tert-OH is 1. The Labute approximate surface area is 139 Å². The Morgan fingerprint density at radius 1 is 1.13 bits per heavy atom. The zero-order chi connectivity index (χ0) is 16.4. The van der Waals surface area contributed by atoms with Crippen LogP contribution in [-0.4, -0.2) is 30.2 Å². The number of methoxy groups -OCH3 is 1. The van der Waals surface area contributed by atoms with Crippen molar-refractivity contribution >= 4 is 5.78 Å². The number of ketones is 1. The summed E-state index contributed by atoms with van der Waals surface area (Å²) < 4.78 is 5.91. The normalized spacial score (nSPS) is 52.4. The van der Waals surface area contributed by atoms with Gasteiger partial charge in [-0.25, -0.2) is 0 Å². The number of hydrogen-bond donors (Lipinski definition) is 1. The third-order valence-corrected chi connectivity index (χ3v) is 8.06. The van der Waals surface area contributed by atoms with Crippen molar-refractivity contribution in [3.8, 4) is 0 Å². The van der Waals surface area contributed by atoms with E-state index >= 15 is 0 Å². The second-order valence-corrected chi connectivity index (χ2v) is 8.91. The predicted molar refractivity (Wildman–Crippen MR) is 88.9 cm³/mol. The van der Waals surface area contributed by atoms with E-state index in [1.54, 1.807) is 0 Å². The van der Waals surface area contributed by atoms with E-state index < -0.39 is 0 Å². The molecule has 0 aromatic carbocycles. The lowest BCUT2D eigenvalue weighted by Crippen LogP contribution is -2.55. The summed E-state index contributed by atoms with van der Waals surface area (Å²) in [5, 5.41) is 10.1. The van der Waals surface area contributed by atoms with Crippen LogP contribution in [0.25, 0.3) is 0 Å². The van der Waals surface area contributed by atoms with Crippen molar-refractivity contribution in [1.82, 2.24) is 0 Å². The molecule has 0 spiro atoms. The van der Waals surface area contributed by atoms with Crippen molar-refractivity contribution in [3.63, 3.8) is 0 Å². The first-order valence-corrected chi connectivity index (χ1v) is 9.35. The zero-order valence-electron chi connectivity index (χ0n) is 14.7. The average molecular weight is 318 g/mol. The van der Waals surface area contributed by atoms with Gasteiger partial charge in [0.15, 0.2) is 0 Å². The summed E-state index contributed by atoms with van der Waals surface area (Å²) in [6, 6.07) is 0. The number of carbonyl (C=O) groups excluding carboxylic acids is 1. The molecule has 1 N–H and O–H groups in total. The van der Waals surface area contributed by atoms with Crippen LogP contribution in [0.15, 0.2) is 11.6 Å². The highest BCUT2D eigenvalue weighted by Crippen LogP contribution is 2.64. The molecule has 3 nitrogen and oxygen atoms in total. The molecule has 0 radical (unpaired) electrons. The average Bonchev–Trinajstić information content (AvgIpc) is 2.83. The molecular weight excluding hydrogens is 288 g/mol. The summed E-state index contributed by atoms with van der Waals surface area (Å²) in [5.74, 6) is 2.02. The Morgan fingerprint density at radius 2 is 1.83 bits per heavy atom. The van der Waals surface area contributed by atoms with Gasteiger partial charge in [-0.2, -0.15) is 0 Å². The molecule has 0 saturated heterocycles. The van der Waals surface area contributed by atoms with Crippen LogP contribution in [-0.2, 0) is 9.53 Å². The molecular formula is C20H30O3. The zero-order valence-corrected chi connectivity index (χ0v) is 14.7. The highest BCUT2D eigenvalue weighted by Gasteiger charge is 2.60. The lowest BCUT2D eigenvalue weighted by Gasteiger charge is -2.58. The van der Waals surface area contributed by atoms with Gasteiger partial charge in [0.05, 0.1) is 12.2 Å². The van der Waals surface area contributed by atoms with E-state index in [0.29, 0.717) is 23.5 Å². The maximum atomic E-state index is 12.5. The fourth-order valence-electron chi connectivity index (χ4n) is 6.60. The largest absolute Gasteiger partial charge is 0.393 e. The number of fused-ring (bicyclic) bond motifs is 5. The Balaban J connectivity index is 1.76. The Morgan fingerprint density at radius 3 is 2.57 bits per heavy atom. The van der Waals surface area contributed by atoms with Crippen LogP contribution in [0.2, 0.25) is 0 Å². The molecule has 3 unspecified atom stereocenters. The lowest BCUT2D eigenvalue weighted by molar-refractivity contribution is -0.137. The van der Waals surface area contributed by atoms with E-state index in [1.165, 1.54) is 5.57 Å². The van der Waals surface area contributed by atoms with Gasteiger partial charge in [-0.3, -0.25) is 4.79 Å². The number of hydrogen-bond acceptors (Lipinski definition) is 3. The van der Waals surface area contributed by atoms with E-state index in [4.69, 9.17) is 4.74 Å². The predicted octanol–water partition coefficient (Wildman–Crippen LogP) is 3.50. The molecule has 0 aliphatic heterocycles. The fourth-order valence-corrected chi connectivity index (χ4v) is 6.60. The minimum absolute atomic E-state index is 0.115. The highest BCUT2D eigenvalue weighted by molar-refractivity contribution is 5.87. The van der Waals surface area contributed by atoms with Crippen molar-refractivity contribution in [2.75, 3.05) is 7.11 Å². The maximum absolute atomic E-state index is 12.5. The van der Waals surface area contributed by atoms with E-state index in [9.17, 15) is 9.90 Å². The summed E-state index contributed by atoms with van der Waals surface area (Å²) in [4.78, 5) is 12.5. The second-order valence-electron chi connectivity index (χ2n) is 8.91. The molecule has 23 heavy (non-hydrogen) atoms. The second kappa shape index (κ2) is 5.16. The molecule has 0 amide bonds. The smallest absolute Gasteiger partial charge is 0.139 e. The molecule has 7 atom stereocenters.